The molecule has 0 bridgehead atoms. The lowest BCUT2D eigenvalue weighted by atomic mass is 9.94. The van der Waals surface area contributed by atoms with Crippen LogP contribution in [0.3, 0.4) is 0 Å². The second-order valence-electron chi connectivity index (χ2n) is 5.12. The fourth-order valence-electron chi connectivity index (χ4n) is 2.32. The van der Waals surface area contributed by atoms with E-state index in [4.69, 9.17) is 5.73 Å². The van der Waals surface area contributed by atoms with Crippen molar-refractivity contribution >= 4 is 17.6 Å². The first-order valence-electron chi connectivity index (χ1n) is 6.74. The highest BCUT2D eigenvalue weighted by Crippen LogP contribution is 2.14. The molecular formula is C14H20N4O2. The molecule has 0 saturated carbocycles. The van der Waals surface area contributed by atoms with Gasteiger partial charge in [0.2, 0.25) is 0 Å². The minimum atomic E-state index is -0.646. The number of primary amides is 1. The number of carbonyl (C=O) groups is 2. The summed E-state index contributed by atoms with van der Waals surface area (Å²) in [7, 11) is 0. The van der Waals surface area contributed by atoms with Gasteiger partial charge in [-0.15, -0.1) is 0 Å². The van der Waals surface area contributed by atoms with Crippen LogP contribution >= 0.6 is 0 Å². The first kappa shape index (κ1) is 14.3. The van der Waals surface area contributed by atoms with Crippen molar-refractivity contribution in [3.8, 4) is 0 Å². The lowest BCUT2D eigenvalue weighted by Gasteiger charge is -2.30. The van der Waals surface area contributed by atoms with Crippen LogP contribution in [0.5, 0.6) is 0 Å². The molecule has 1 aliphatic rings. The number of amides is 3. The number of hydrogen-bond donors (Lipinski definition) is 4. The minimum absolute atomic E-state index is 0.129. The number of anilines is 1. The Morgan fingerprint density at radius 3 is 2.90 bits per heavy atom. The van der Waals surface area contributed by atoms with E-state index in [1.54, 1.807) is 24.3 Å². The fraction of sp³-hybridized carbons (Fsp3) is 0.429. The maximum atomic E-state index is 12.2. The van der Waals surface area contributed by atoms with Crippen molar-refractivity contribution in [1.29, 1.82) is 0 Å². The lowest BCUT2D eigenvalue weighted by Crippen LogP contribution is -2.50. The zero-order valence-electron chi connectivity index (χ0n) is 11.5. The van der Waals surface area contributed by atoms with Crippen molar-refractivity contribution in [3.63, 3.8) is 0 Å². The van der Waals surface area contributed by atoms with Gasteiger partial charge in [-0.3, -0.25) is 4.79 Å². The van der Waals surface area contributed by atoms with Gasteiger partial charge in [0, 0.05) is 23.8 Å². The van der Waals surface area contributed by atoms with Crippen LogP contribution in [0.2, 0.25) is 0 Å². The van der Waals surface area contributed by atoms with Crippen LogP contribution in [0.15, 0.2) is 24.3 Å². The second-order valence-corrected chi connectivity index (χ2v) is 5.12. The van der Waals surface area contributed by atoms with Gasteiger partial charge in [-0.2, -0.15) is 0 Å². The Morgan fingerprint density at radius 2 is 2.20 bits per heavy atom. The molecule has 5 N–H and O–H groups in total. The molecule has 1 fully saturated rings. The highest BCUT2D eigenvalue weighted by atomic mass is 16.2. The predicted octanol–water partition coefficient (Wildman–Crippen LogP) is 0.905. The Bertz CT molecular complexity index is 504. The van der Waals surface area contributed by atoms with Gasteiger partial charge in [0.1, 0.15) is 0 Å². The summed E-state index contributed by atoms with van der Waals surface area (Å²) in [5.41, 5.74) is 6.08. The largest absolute Gasteiger partial charge is 0.351 e. The number of benzene rings is 1. The molecule has 1 aliphatic heterocycles. The zero-order valence-corrected chi connectivity index (χ0v) is 11.5. The zero-order chi connectivity index (χ0) is 14.5. The molecular weight excluding hydrogens is 256 g/mol. The van der Waals surface area contributed by atoms with Crippen LogP contribution in [0.4, 0.5) is 10.5 Å². The summed E-state index contributed by atoms with van der Waals surface area (Å²) in [5.74, 6) is 0.311. The molecule has 0 spiro atoms. The summed E-state index contributed by atoms with van der Waals surface area (Å²) in [6, 6.07) is 6.20. The second kappa shape index (κ2) is 6.38. The van der Waals surface area contributed by atoms with E-state index < -0.39 is 6.03 Å². The standard InChI is InChI=1S/C14H20N4O2/c1-9-5-6-16-8-12(9)18-13(19)10-3-2-4-11(7-10)17-14(15)20/h2-4,7,9,12,16H,5-6,8H2,1H3,(H,18,19)(H3,15,17,20). The van der Waals surface area contributed by atoms with Gasteiger partial charge in [-0.1, -0.05) is 13.0 Å². The molecule has 1 heterocycles. The van der Waals surface area contributed by atoms with Crippen molar-refractivity contribution in [2.75, 3.05) is 18.4 Å². The van der Waals surface area contributed by atoms with Crippen molar-refractivity contribution in [2.24, 2.45) is 11.7 Å². The van der Waals surface area contributed by atoms with Gasteiger partial charge in [0.25, 0.3) is 5.91 Å². The summed E-state index contributed by atoms with van der Waals surface area (Å²) < 4.78 is 0. The number of rotatable bonds is 3. The molecule has 6 heteroatoms. The Morgan fingerprint density at radius 1 is 1.40 bits per heavy atom. The molecule has 6 nitrogen and oxygen atoms in total. The normalized spacial score (nSPS) is 22.1. The van der Waals surface area contributed by atoms with Gasteiger partial charge >= 0.3 is 6.03 Å². The molecule has 1 saturated heterocycles. The predicted molar refractivity (Wildman–Crippen MR) is 77.6 cm³/mol. The molecule has 108 valence electrons. The number of hydrogen-bond acceptors (Lipinski definition) is 3. The van der Waals surface area contributed by atoms with Crippen molar-refractivity contribution in [2.45, 2.75) is 19.4 Å². The number of piperidine rings is 1. The van der Waals surface area contributed by atoms with E-state index in [2.05, 4.69) is 22.9 Å². The van der Waals surface area contributed by atoms with E-state index >= 15 is 0 Å². The summed E-state index contributed by atoms with van der Waals surface area (Å²) >= 11 is 0. The third kappa shape index (κ3) is 3.71. The van der Waals surface area contributed by atoms with Crippen molar-refractivity contribution < 1.29 is 9.59 Å². The maximum absolute atomic E-state index is 12.2. The van der Waals surface area contributed by atoms with Crippen molar-refractivity contribution in [3.05, 3.63) is 29.8 Å². The Balaban J connectivity index is 2.03. The van der Waals surface area contributed by atoms with E-state index in [1.165, 1.54) is 0 Å². The van der Waals surface area contributed by atoms with Gasteiger partial charge in [-0.25, -0.2) is 4.79 Å². The molecule has 3 amide bonds. The van der Waals surface area contributed by atoms with E-state index in [0.717, 1.165) is 19.5 Å². The van der Waals surface area contributed by atoms with Gasteiger partial charge < -0.3 is 21.7 Å². The highest BCUT2D eigenvalue weighted by Gasteiger charge is 2.23. The topological polar surface area (TPSA) is 96.2 Å². The molecule has 1 aromatic carbocycles. The Hall–Kier alpha value is -2.08. The van der Waals surface area contributed by atoms with E-state index in [9.17, 15) is 9.59 Å². The lowest BCUT2D eigenvalue weighted by molar-refractivity contribution is 0.0915. The average molecular weight is 276 g/mol. The van der Waals surface area contributed by atoms with Gasteiger partial charge in [0.15, 0.2) is 0 Å². The smallest absolute Gasteiger partial charge is 0.316 e. The molecule has 0 radical (unpaired) electrons. The van der Waals surface area contributed by atoms with Gasteiger partial charge in [0.05, 0.1) is 0 Å². The quantitative estimate of drug-likeness (QED) is 0.660. The van der Waals surface area contributed by atoms with Crippen LogP contribution in [0.25, 0.3) is 0 Å². The summed E-state index contributed by atoms with van der Waals surface area (Å²) in [4.78, 5) is 23.0. The molecule has 0 aliphatic carbocycles. The SMILES string of the molecule is CC1CCNCC1NC(=O)c1cccc(NC(N)=O)c1. The molecule has 2 rings (SSSR count). The number of urea groups is 1. The third-order valence-corrected chi connectivity index (χ3v) is 3.54. The van der Waals surface area contributed by atoms with Crippen LogP contribution in [0.1, 0.15) is 23.7 Å². The molecule has 20 heavy (non-hydrogen) atoms. The van der Waals surface area contributed by atoms with E-state index in [1.807, 2.05) is 0 Å². The minimum Gasteiger partial charge on any atom is -0.351 e. The van der Waals surface area contributed by atoms with E-state index in [0.29, 0.717) is 17.2 Å². The van der Waals surface area contributed by atoms with Crippen LogP contribution in [-0.4, -0.2) is 31.1 Å². The average Bonchev–Trinajstić information content (AvgIpc) is 2.41. The highest BCUT2D eigenvalue weighted by molar-refractivity contribution is 5.96. The summed E-state index contributed by atoms with van der Waals surface area (Å²) in [6.07, 6.45) is 1.05. The van der Waals surface area contributed by atoms with Gasteiger partial charge in [-0.05, 0) is 37.1 Å². The Kier molecular flexibility index (Phi) is 4.57. The van der Waals surface area contributed by atoms with E-state index in [-0.39, 0.29) is 11.9 Å². The Labute approximate surface area is 118 Å². The van der Waals surface area contributed by atoms with Crippen molar-refractivity contribution in [1.82, 2.24) is 10.6 Å². The number of nitrogens with one attached hydrogen (secondary N) is 3. The van der Waals surface area contributed by atoms with Crippen LogP contribution < -0.4 is 21.7 Å². The molecule has 2 atom stereocenters. The third-order valence-electron chi connectivity index (χ3n) is 3.54. The summed E-state index contributed by atoms with van der Waals surface area (Å²) in [6.45, 7) is 3.91. The first-order valence-corrected chi connectivity index (χ1v) is 6.74. The number of nitrogens with two attached hydrogens (primary N) is 1. The first-order chi connectivity index (χ1) is 9.56. The molecule has 2 unspecified atom stereocenters. The molecule has 0 aromatic heterocycles. The maximum Gasteiger partial charge on any atom is 0.316 e. The fourth-order valence-corrected chi connectivity index (χ4v) is 2.32. The molecule has 1 aromatic rings. The summed E-state index contributed by atoms with van der Waals surface area (Å²) in [5, 5.41) is 8.75. The van der Waals surface area contributed by atoms with Crippen LogP contribution in [-0.2, 0) is 0 Å². The number of carbonyl (C=O) groups excluding carboxylic acids is 2. The van der Waals surface area contributed by atoms with Crippen LogP contribution in [0, 0.1) is 5.92 Å². The monoisotopic (exact) mass is 276 g/mol.